The summed E-state index contributed by atoms with van der Waals surface area (Å²) in [4.78, 5) is 22.5. The molecule has 0 spiro atoms. The second-order valence-corrected chi connectivity index (χ2v) is 7.86. The summed E-state index contributed by atoms with van der Waals surface area (Å²) in [5.41, 5.74) is 4.04. The van der Waals surface area contributed by atoms with E-state index >= 15 is 0 Å². The summed E-state index contributed by atoms with van der Waals surface area (Å²) in [6, 6.07) is 9.87. The van der Waals surface area contributed by atoms with E-state index in [0.717, 1.165) is 16.3 Å². The number of benzene rings is 1. The van der Waals surface area contributed by atoms with E-state index < -0.39 is 18.6 Å². The molecule has 33 heavy (non-hydrogen) atoms. The Morgan fingerprint density at radius 2 is 1.70 bits per heavy atom. The third kappa shape index (κ3) is 5.94. The maximum atomic E-state index is 13.2. The molecule has 172 valence electrons. The highest BCUT2D eigenvalue weighted by molar-refractivity contribution is 5.79. The van der Waals surface area contributed by atoms with Crippen molar-refractivity contribution in [1.29, 1.82) is 5.26 Å². The quantitative estimate of drug-likeness (QED) is 0.561. The average Bonchev–Trinajstić information content (AvgIpc) is 3.00. The summed E-state index contributed by atoms with van der Waals surface area (Å²) in [7, 11) is 0. The molecule has 0 unspecified atom stereocenters. The van der Waals surface area contributed by atoms with Gasteiger partial charge in [0.05, 0.1) is 23.7 Å². The van der Waals surface area contributed by atoms with E-state index in [4.69, 9.17) is 5.26 Å². The Kier molecular flexibility index (Phi) is 6.81. The molecule has 10 heteroatoms. The van der Waals surface area contributed by atoms with Gasteiger partial charge in [-0.25, -0.2) is 14.6 Å². The van der Waals surface area contributed by atoms with Gasteiger partial charge in [0, 0.05) is 29.2 Å². The molecule has 7 nitrogen and oxygen atoms in total. The molecule has 0 atom stereocenters. The van der Waals surface area contributed by atoms with Gasteiger partial charge in [-0.1, -0.05) is 12.1 Å². The minimum Gasteiger partial charge on any atom is -0.329 e. The Morgan fingerprint density at radius 1 is 1.09 bits per heavy atom. The van der Waals surface area contributed by atoms with Crippen LogP contribution in [-0.2, 0) is 17.8 Å². The third-order valence-corrected chi connectivity index (χ3v) is 5.11. The second kappa shape index (κ2) is 9.40. The van der Waals surface area contributed by atoms with Gasteiger partial charge in [-0.05, 0) is 51.5 Å². The number of hydrogen-bond donors (Lipinski definition) is 0. The Balaban J connectivity index is 1.88. The summed E-state index contributed by atoms with van der Waals surface area (Å²) in [5.74, 6) is -0.333. The van der Waals surface area contributed by atoms with Gasteiger partial charge in [-0.3, -0.25) is 4.79 Å². The lowest BCUT2D eigenvalue weighted by Crippen LogP contribution is -2.39. The van der Waals surface area contributed by atoms with E-state index in [1.54, 1.807) is 26.0 Å². The number of alkyl halides is 3. The van der Waals surface area contributed by atoms with Crippen LogP contribution < -0.4 is 0 Å². The predicted octanol–water partition coefficient (Wildman–Crippen LogP) is 3.90. The SMILES string of the molecule is Cc1cc(C)nc(-n2nc(C)c(CC(=O)N(Cc3ccc(C#N)cc3)CC(F)(F)F)c2C)n1. The molecule has 0 N–H and O–H groups in total. The van der Waals surface area contributed by atoms with Crippen LogP contribution in [0.4, 0.5) is 13.2 Å². The van der Waals surface area contributed by atoms with Gasteiger partial charge in [0.15, 0.2) is 0 Å². The highest BCUT2D eigenvalue weighted by Gasteiger charge is 2.33. The van der Waals surface area contributed by atoms with Crippen LogP contribution in [0.5, 0.6) is 0 Å². The lowest BCUT2D eigenvalue weighted by atomic mass is 10.1. The molecule has 0 saturated heterocycles. The fraction of sp³-hybridized carbons (Fsp3) is 0.348. The fourth-order valence-electron chi connectivity index (χ4n) is 3.54. The van der Waals surface area contributed by atoms with Crippen LogP contribution in [0.2, 0.25) is 0 Å². The van der Waals surface area contributed by atoms with Gasteiger partial charge in [-0.2, -0.15) is 23.5 Å². The van der Waals surface area contributed by atoms with Crippen LogP contribution in [0.3, 0.4) is 0 Å². The molecule has 0 aliphatic heterocycles. The summed E-state index contributed by atoms with van der Waals surface area (Å²) >= 11 is 0. The van der Waals surface area contributed by atoms with Crippen LogP contribution in [0, 0.1) is 39.0 Å². The van der Waals surface area contributed by atoms with Crippen LogP contribution in [0.15, 0.2) is 30.3 Å². The van der Waals surface area contributed by atoms with E-state index in [-0.39, 0.29) is 13.0 Å². The van der Waals surface area contributed by atoms with E-state index in [1.807, 2.05) is 26.0 Å². The van der Waals surface area contributed by atoms with E-state index in [2.05, 4.69) is 15.1 Å². The van der Waals surface area contributed by atoms with Crippen molar-refractivity contribution in [2.45, 2.75) is 46.8 Å². The van der Waals surface area contributed by atoms with Crippen molar-refractivity contribution in [2.75, 3.05) is 6.54 Å². The molecule has 2 aromatic heterocycles. The number of rotatable bonds is 6. The Morgan fingerprint density at radius 3 is 2.24 bits per heavy atom. The number of carbonyl (C=O) groups is 1. The molecule has 0 bridgehead atoms. The number of aryl methyl sites for hydroxylation is 3. The van der Waals surface area contributed by atoms with Crippen LogP contribution in [-0.4, -0.2) is 43.3 Å². The normalized spacial score (nSPS) is 11.3. The lowest BCUT2D eigenvalue weighted by molar-refractivity contribution is -0.162. The first-order valence-electron chi connectivity index (χ1n) is 10.2. The summed E-state index contributed by atoms with van der Waals surface area (Å²) in [6.45, 7) is 5.48. The van der Waals surface area contributed by atoms with E-state index in [1.165, 1.54) is 16.8 Å². The average molecular weight is 456 g/mol. The zero-order valence-corrected chi connectivity index (χ0v) is 18.7. The van der Waals surface area contributed by atoms with Crippen molar-refractivity contribution < 1.29 is 18.0 Å². The zero-order chi connectivity index (χ0) is 24.3. The molecule has 2 heterocycles. The van der Waals surface area contributed by atoms with E-state index in [9.17, 15) is 18.0 Å². The first kappa shape index (κ1) is 23.9. The van der Waals surface area contributed by atoms with Crippen LogP contribution in [0.1, 0.15) is 39.5 Å². The molecule has 0 aliphatic carbocycles. The minimum absolute atomic E-state index is 0.226. The third-order valence-electron chi connectivity index (χ3n) is 5.11. The van der Waals surface area contributed by atoms with Gasteiger partial charge in [0.2, 0.25) is 5.91 Å². The van der Waals surface area contributed by atoms with Crippen molar-refractivity contribution in [3.05, 3.63) is 69.8 Å². The van der Waals surface area contributed by atoms with Crippen molar-refractivity contribution in [3.8, 4) is 12.0 Å². The molecular weight excluding hydrogens is 433 g/mol. The molecular formula is C23H23F3N6O. The first-order valence-corrected chi connectivity index (χ1v) is 10.2. The fourth-order valence-corrected chi connectivity index (χ4v) is 3.54. The van der Waals surface area contributed by atoms with Crippen molar-refractivity contribution >= 4 is 5.91 Å². The van der Waals surface area contributed by atoms with Crippen molar-refractivity contribution in [1.82, 2.24) is 24.6 Å². The predicted molar refractivity (Wildman–Crippen MR) is 114 cm³/mol. The number of carbonyl (C=O) groups excluding carboxylic acids is 1. The maximum absolute atomic E-state index is 13.2. The molecule has 1 amide bonds. The van der Waals surface area contributed by atoms with Gasteiger partial charge < -0.3 is 4.90 Å². The first-order chi connectivity index (χ1) is 15.5. The molecule has 0 aliphatic rings. The number of nitriles is 1. The Hall–Kier alpha value is -3.74. The van der Waals surface area contributed by atoms with Crippen molar-refractivity contribution in [3.63, 3.8) is 0 Å². The molecule has 0 saturated carbocycles. The second-order valence-electron chi connectivity index (χ2n) is 7.86. The molecule has 0 fully saturated rings. The zero-order valence-electron chi connectivity index (χ0n) is 18.7. The van der Waals surface area contributed by atoms with Gasteiger partial charge in [0.1, 0.15) is 6.54 Å². The van der Waals surface area contributed by atoms with Gasteiger partial charge >= 0.3 is 6.18 Å². The molecule has 1 aromatic carbocycles. The smallest absolute Gasteiger partial charge is 0.329 e. The minimum atomic E-state index is -4.55. The van der Waals surface area contributed by atoms with Gasteiger partial charge in [-0.15, -0.1) is 0 Å². The number of hydrogen-bond acceptors (Lipinski definition) is 5. The Labute approximate surface area is 189 Å². The maximum Gasteiger partial charge on any atom is 0.406 e. The molecule has 3 aromatic rings. The summed E-state index contributed by atoms with van der Waals surface area (Å²) in [5, 5.41) is 13.3. The molecule has 0 radical (unpaired) electrons. The number of amides is 1. The monoisotopic (exact) mass is 456 g/mol. The molecule has 3 rings (SSSR count). The Bertz CT molecular complexity index is 1190. The van der Waals surface area contributed by atoms with E-state index in [0.29, 0.717) is 34.0 Å². The number of halogens is 3. The number of aromatic nitrogens is 4. The summed E-state index contributed by atoms with van der Waals surface area (Å²) < 4.78 is 41.2. The highest BCUT2D eigenvalue weighted by atomic mass is 19.4. The van der Waals surface area contributed by atoms with Crippen molar-refractivity contribution in [2.24, 2.45) is 0 Å². The number of nitrogens with zero attached hydrogens (tertiary/aromatic N) is 6. The highest BCUT2D eigenvalue weighted by Crippen LogP contribution is 2.22. The van der Waals surface area contributed by atoms with Gasteiger partial charge in [0.25, 0.3) is 5.95 Å². The van der Waals surface area contributed by atoms with Crippen LogP contribution >= 0.6 is 0 Å². The standard InChI is InChI=1S/C23H23F3N6O/c1-14-9-15(2)29-22(28-14)32-17(4)20(16(3)30-32)10-21(33)31(13-23(24,25)26)12-19-7-5-18(11-27)6-8-19/h5-9H,10,12-13H2,1-4H3. The topological polar surface area (TPSA) is 87.7 Å². The van der Waals surface area contributed by atoms with Crippen LogP contribution in [0.25, 0.3) is 5.95 Å². The summed E-state index contributed by atoms with van der Waals surface area (Å²) in [6.07, 6.45) is -4.79. The lowest BCUT2D eigenvalue weighted by Gasteiger charge is -2.24. The largest absolute Gasteiger partial charge is 0.406 e.